The minimum absolute atomic E-state index is 0.246. The SMILES string of the molecule is CCN=C(N)Nc1cc(Br)c(SCc2ccc(F)cc2)nc1N. The van der Waals surface area contributed by atoms with Crippen molar-refractivity contribution in [2.75, 3.05) is 17.6 Å². The van der Waals surface area contributed by atoms with Gasteiger partial charge in [0.2, 0.25) is 0 Å². The molecule has 5 N–H and O–H groups in total. The fraction of sp³-hybridized carbons (Fsp3) is 0.200. The largest absolute Gasteiger partial charge is 0.382 e. The van der Waals surface area contributed by atoms with Crippen LogP contribution in [0.25, 0.3) is 0 Å². The summed E-state index contributed by atoms with van der Waals surface area (Å²) in [4.78, 5) is 8.41. The first-order chi connectivity index (χ1) is 11.0. The van der Waals surface area contributed by atoms with E-state index in [0.29, 0.717) is 29.8 Å². The Balaban J connectivity index is 2.10. The molecule has 0 radical (unpaired) electrons. The van der Waals surface area contributed by atoms with Crippen LogP contribution in [0.2, 0.25) is 0 Å². The Morgan fingerprint density at radius 1 is 1.39 bits per heavy atom. The molecule has 0 saturated heterocycles. The number of nitrogen functional groups attached to an aromatic ring is 1. The molecule has 0 fully saturated rings. The summed E-state index contributed by atoms with van der Waals surface area (Å²) in [5.41, 5.74) is 13.3. The van der Waals surface area contributed by atoms with Gasteiger partial charge in [0, 0.05) is 12.3 Å². The Morgan fingerprint density at radius 2 is 2.09 bits per heavy atom. The van der Waals surface area contributed by atoms with Crippen molar-refractivity contribution in [1.29, 1.82) is 0 Å². The van der Waals surface area contributed by atoms with Gasteiger partial charge in [0.1, 0.15) is 16.7 Å². The average molecular weight is 398 g/mol. The maximum atomic E-state index is 12.9. The predicted octanol–water partition coefficient (Wildman–Crippen LogP) is 3.60. The summed E-state index contributed by atoms with van der Waals surface area (Å²) in [6.07, 6.45) is 0. The predicted molar refractivity (Wildman–Crippen MR) is 98.1 cm³/mol. The van der Waals surface area contributed by atoms with E-state index >= 15 is 0 Å². The molecule has 0 saturated carbocycles. The molecule has 1 heterocycles. The molecule has 2 aromatic rings. The van der Waals surface area contributed by atoms with Crippen molar-refractivity contribution in [3.8, 4) is 0 Å². The van der Waals surface area contributed by atoms with E-state index < -0.39 is 0 Å². The fourth-order valence-corrected chi connectivity index (χ4v) is 3.28. The smallest absolute Gasteiger partial charge is 0.193 e. The van der Waals surface area contributed by atoms with Gasteiger partial charge in [-0.2, -0.15) is 0 Å². The number of nitrogens with one attached hydrogen (secondary N) is 1. The third-order valence-electron chi connectivity index (χ3n) is 2.85. The lowest BCUT2D eigenvalue weighted by Gasteiger charge is -2.11. The molecule has 0 bridgehead atoms. The minimum Gasteiger partial charge on any atom is -0.382 e. The van der Waals surface area contributed by atoms with Crippen molar-refractivity contribution in [2.24, 2.45) is 10.7 Å². The molecule has 2 rings (SSSR count). The molecule has 8 heteroatoms. The maximum absolute atomic E-state index is 12.9. The summed E-state index contributed by atoms with van der Waals surface area (Å²) in [5.74, 6) is 1.05. The first kappa shape index (κ1) is 17.6. The Labute approximate surface area is 146 Å². The second-order valence-corrected chi connectivity index (χ2v) is 6.43. The van der Waals surface area contributed by atoms with Crippen LogP contribution in [-0.4, -0.2) is 17.5 Å². The number of aliphatic imine (C=N–C) groups is 1. The van der Waals surface area contributed by atoms with E-state index in [4.69, 9.17) is 11.5 Å². The lowest BCUT2D eigenvalue weighted by molar-refractivity contribution is 0.627. The average Bonchev–Trinajstić information content (AvgIpc) is 2.51. The van der Waals surface area contributed by atoms with Gasteiger partial charge < -0.3 is 16.8 Å². The first-order valence-electron chi connectivity index (χ1n) is 6.89. The van der Waals surface area contributed by atoms with Gasteiger partial charge in [-0.1, -0.05) is 12.1 Å². The minimum atomic E-state index is -0.246. The van der Waals surface area contributed by atoms with Crippen LogP contribution in [-0.2, 0) is 5.75 Å². The molecule has 5 nitrogen and oxygen atoms in total. The summed E-state index contributed by atoms with van der Waals surface area (Å²) >= 11 is 4.98. The van der Waals surface area contributed by atoms with Crippen molar-refractivity contribution >= 4 is 45.2 Å². The first-order valence-corrected chi connectivity index (χ1v) is 8.67. The Hall–Kier alpha value is -1.80. The molecule has 0 aliphatic rings. The summed E-state index contributed by atoms with van der Waals surface area (Å²) < 4.78 is 13.7. The lowest BCUT2D eigenvalue weighted by atomic mass is 10.2. The number of anilines is 2. The highest BCUT2D eigenvalue weighted by Gasteiger charge is 2.10. The molecule has 23 heavy (non-hydrogen) atoms. The van der Waals surface area contributed by atoms with Gasteiger partial charge >= 0.3 is 0 Å². The van der Waals surface area contributed by atoms with Crippen LogP contribution in [0.15, 0.2) is 44.8 Å². The second-order valence-electron chi connectivity index (χ2n) is 4.61. The molecule has 0 aliphatic carbocycles. The molecule has 1 aromatic carbocycles. The number of nitrogens with zero attached hydrogens (tertiary/aromatic N) is 2. The third-order valence-corrected chi connectivity index (χ3v) is 4.78. The highest BCUT2D eigenvalue weighted by atomic mass is 79.9. The number of nitrogens with two attached hydrogens (primary N) is 2. The summed E-state index contributed by atoms with van der Waals surface area (Å²) in [6, 6.07) is 8.19. The third kappa shape index (κ3) is 5.11. The van der Waals surface area contributed by atoms with Crippen molar-refractivity contribution in [1.82, 2.24) is 4.98 Å². The number of hydrogen-bond acceptors (Lipinski definition) is 4. The van der Waals surface area contributed by atoms with Crippen LogP contribution in [0.4, 0.5) is 15.9 Å². The Bertz CT molecular complexity index is 706. The van der Waals surface area contributed by atoms with Crippen LogP contribution in [0, 0.1) is 5.82 Å². The molecular formula is C15H17BrFN5S. The van der Waals surface area contributed by atoms with Crippen molar-refractivity contribution in [3.05, 3.63) is 46.2 Å². The van der Waals surface area contributed by atoms with Gasteiger partial charge in [-0.05, 0) is 46.6 Å². The number of hydrogen-bond donors (Lipinski definition) is 3. The standard InChI is InChI=1S/C15H17BrFN5S/c1-2-20-15(19)21-12-7-11(16)14(22-13(12)18)23-8-9-3-5-10(17)6-4-9/h3-7H,2,8H2,1H3,(H2,18,22)(H3,19,20,21). The highest BCUT2D eigenvalue weighted by Crippen LogP contribution is 2.32. The van der Waals surface area contributed by atoms with E-state index in [9.17, 15) is 4.39 Å². The monoisotopic (exact) mass is 397 g/mol. The van der Waals surface area contributed by atoms with E-state index in [0.717, 1.165) is 15.1 Å². The molecule has 0 amide bonds. The molecule has 0 unspecified atom stereocenters. The number of rotatable bonds is 5. The van der Waals surface area contributed by atoms with Gasteiger partial charge in [-0.25, -0.2) is 9.37 Å². The van der Waals surface area contributed by atoms with E-state index in [1.54, 1.807) is 12.1 Å². The quantitative estimate of drug-likeness (QED) is 0.407. The van der Waals surface area contributed by atoms with Crippen LogP contribution in [0.5, 0.6) is 0 Å². The second kappa shape index (κ2) is 8.16. The van der Waals surface area contributed by atoms with Gasteiger partial charge in [-0.3, -0.25) is 4.99 Å². The topological polar surface area (TPSA) is 89.3 Å². The molecule has 0 atom stereocenters. The van der Waals surface area contributed by atoms with Crippen LogP contribution >= 0.6 is 27.7 Å². The van der Waals surface area contributed by atoms with Gasteiger partial charge in [0.25, 0.3) is 0 Å². The van der Waals surface area contributed by atoms with E-state index in [1.807, 2.05) is 13.0 Å². The van der Waals surface area contributed by atoms with Crippen molar-refractivity contribution < 1.29 is 4.39 Å². The van der Waals surface area contributed by atoms with E-state index in [1.165, 1.54) is 23.9 Å². The van der Waals surface area contributed by atoms with Crippen LogP contribution < -0.4 is 16.8 Å². The zero-order chi connectivity index (χ0) is 16.8. The Morgan fingerprint density at radius 3 is 2.74 bits per heavy atom. The zero-order valence-corrected chi connectivity index (χ0v) is 14.9. The number of thioether (sulfide) groups is 1. The molecule has 0 aliphatic heterocycles. The van der Waals surface area contributed by atoms with Crippen LogP contribution in [0.3, 0.4) is 0 Å². The molecule has 0 spiro atoms. The number of benzene rings is 1. The highest BCUT2D eigenvalue weighted by molar-refractivity contribution is 9.10. The van der Waals surface area contributed by atoms with Crippen molar-refractivity contribution in [3.63, 3.8) is 0 Å². The number of pyridine rings is 1. The number of guanidine groups is 1. The Kier molecular flexibility index (Phi) is 6.23. The van der Waals surface area contributed by atoms with E-state index in [2.05, 4.69) is 31.2 Å². The normalized spacial score (nSPS) is 11.5. The fourth-order valence-electron chi connectivity index (χ4n) is 1.77. The van der Waals surface area contributed by atoms with Gasteiger partial charge in [0.15, 0.2) is 5.96 Å². The van der Waals surface area contributed by atoms with Gasteiger partial charge in [-0.15, -0.1) is 11.8 Å². The van der Waals surface area contributed by atoms with Crippen LogP contribution in [0.1, 0.15) is 12.5 Å². The maximum Gasteiger partial charge on any atom is 0.193 e. The molecular weight excluding hydrogens is 381 g/mol. The molecule has 122 valence electrons. The number of aromatic nitrogens is 1. The summed E-state index contributed by atoms with van der Waals surface area (Å²) in [5, 5.41) is 3.67. The van der Waals surface area contributed by atoms with E-state index in [-0.39, 0.29) is 5.82 Å². The number of halogens is 2. The lowest BCUT2D eigenvalue weighted by Crippen LogP contribution is -2.23. The summed E-state index contributed by atoms with van der Waals surface area (Å²) in [7, 11) is 0. The summed E-state index contributed by atoms with van der Waals surface area (Å²) in [6.45, 7) is 2.47. The molecule has 1 aromatic heterocycles. The van der Waals surface area contributed by atoms with Crippen molar-refractivity contribution in [2.45, 2.75) is 17.7 Å². The zero-order valence-electron chi connectivity index (χ0n) is 12.5. The van der Waals surface area contributed by atoms with Gasteiger partial charge in [0.05, 0.1) is 10.2 Å².